The van der Waals surface area contributed by atoms with Gasteiger partial charge in [-0.15, -0.1) is 0 Å². The van der Waals surface area contributed by atoms with E-state index < -0.39 is 0 Å². The van der Waals surface area contributed by atoms with E-state index in [1.807, 2.05) is 29.2 Å². The van der Waals surface area contributed by atoms with Gasteiger partial charge in [0.25, 0.3) is 5.91 Å². The largest absolute Gasteiger partial charge is 0.338 e. The Kier molecular flexibility index (Phi) is 4.02. The normalized spacial score (nSPS) is 24.1. The maximum atomic E-state index is 12.3. The van der Waals surface area contributed by atoms with Crippen molar-refractivity contribution in [2.75, 3.05) is 13.1 Å². The van der Waals surface area contributed by atoms with Crippen molar-refractivity contribution < 1.29 is 4.79 Å². The second-order valence-corrected chi connectivity index (χ2v) is 5.40. The summed E-state index contributed by atoms with van der Waals surface area (Å²) in [6.07, 6.45) is 1.10. The lowest BCUT2D eigenvalue weighted by Crippen LogP contribution is -2.42. The van der Waals surface area contributed by atoms with Crippen LogP contribution in [-0.2, 0) is 6.54 Å². The first-order valence-electron chi connectivity index (χ1n) is 6.70. The van der Waals surface area contributed by atoms with Crippen LogP contribution in [0.1, 0.15) is 36.2 Å². The van der Waals surface area contributed by atoms with Crippen molar-refractivity contribution in [3.63, 3.8) is 0 Å². The van der Waals surface area contributed by atoms with Crippen LogP contribution in [0.3, 0.4) is 0 Å². The molecule has 2 N–H and O–H groups in total. The molecule has 0 spiro atoms. The first-order chi connectivity index (χ1) is 8.61. The molecule has 0 radical (unpaired) electrons. The average molecular weight is 246 g/mol. The van der Waals surface area contributed by atoms with Gasteiger partial charge >= 0.3 is 0 Å². The zero-order chi connectivity index (χ0) is 13.1. The zero-order valence-corrected chi connectivity index (χ0v) is 11.2. The molecule has 1 fully saturated rings. The highest BCUT2D eigenvalue weighted by atomic mass is 16.2. The molecule has 1 saturated heterocycles. The van der Waals surface area contributed by atoms with Crippen LogP contribution in [0, 0.1) is 11.8 Å². The van der Waals surface area contributed by atoms with Crippen molar-refractivity contribution in [2.45, 2.75) is 26.8 Å². The van der Waals surface area contributed by atoms with E-state index >= 15 is 0 Å². The SMILES string of the molecule is CC1CCN(C(=O)c2ccc(CN)cc2)CC1C. The van der Waals surface area contributed by atoms with Gasteiger partial charge in [0.2, 0.25) is 0 Å². The number of amides is 1. The van der Waals surface area contributed by atoms with Gasteiger partial charge < -0.3 is 10.6 Å². The standard InChI is InChI=1S/C15H22N2O/c1-11-7-8-17(10-12(11)2)15(18)14-5-3-13(9-16)4-6-14/h3-6,11-12H,7-10,16H2,1-2H3. The number of likely N-dealkylation sites (tertiary alicyclic amines) is 1. The average Bonchev–Trinajstić information content (AvgIpc) is 2.41. The Balaban J connectivity index is 2.06. The number of benzene rings is 1. The second-order valence-electron chi connectivity index (χ2n) is 5.40. The third kappa shape index (κ3) is 2.72. The molecular formula is C15H22N2O. The summed E-state index contributed by atoms with van der Waals surface area (Å²) in [5.41, 5.74) is 7.39. The molecule has 1 amide bonds. The van der Waals surface area contributed by atoms with Crippen LogP contribution in [0.25, 0.3) is 0 Å². The highest BCUT2D eigenvalue weighted by molar-refractivity contribution is 5.94. The van der Waals surface area contributed by atoms with Crippen LogP contribution in [0.4, 0.5) is 0 Å². The molecule has 98 valence electrons. The molecular weight excluding hydrogens is 224 g/mol. The van der Waals surface area contributed by atoms with Crippen molar-refractivity contribution in [3.8, 4) is 0 Å². The summed E-state index contributed by atoms with van der Waals surface area (Å²) in [5, 5.41) is 0. The Morgan fingerprint density at radius 2 is 1.94 bits per heavy atom. The van der Waals surface area contributed by atoms with Crippen molar-refractivity contribution in [3.05, 3.63) is 35.4 Å². The molecule has 3 nitrogen and oxygen atoms in total. The second kappa shape index (κ2) is 5.53. The van der Waals surface area contributed by atoms with E-state index in [-0.39, 0.29) is 5.91 Å². The number of hydrogen-bond donors (Lipinski definition) is 1. The lowest BCUT2D eigenvalue weighted by molar-refractivity contribution is 0.0627. The van der Waals surface area contributed by atoms with Crippen LogP contribution in [0.2, 0.25) is 0 Å². The van der Waals surface area contributed by atoms with E-state index in [9.17, 15) is 4.79 Å². The van der Waals surface area contributed by atoms with E-state index in [0.717, 1.165) is 30.6 Å². The van der Waals surface area contributed by atoms with Gasteiger partial charge in [-0.2, -0.15) is 0 Å². The molecule has 0 saturated carbocycles. The van der Waals surface area contributed by atoms with Gasteiger partial charge in [-0.1, -0.05) is 26.0 Å². The molecule has 0 aliphatic carbocycles. The summed E-state index contributed by atoms with van der Waals surface area (Å²) in [7, 11) is 0. The van der Waals surface area contributed by atoms with Crippen LogP contribution in [-0.4, -0.2) is 23.9 Å². The summed E-state index contributed by atoms with van der Waals surface area (Å²) in [4.78, 5) is 14.3. The monoisotopic (exact) mass is 246 g/mol. The fraction of sp³-hybridized carbons (Fsp3) is 0.533. The third-order valence-electron chi connectivity index (χ3n) is 4.06. The molecule has 3 heteroatoms. The van der Waals surface area contributed by atoms with Crippen LogP contribution >= 0.6 is 0 Å². The highest BCUT2D eigenvalue weighted by Gasteiger charge is 2.26. The quantitative estimate of drug-likeness (QED) is 0.870. The van der Waals surface area contributed by atoms with Crippen molar-refractivity contribution in [1.82, 2.24) is 4.90 Å². The van der Waals surface area contributed by atoms with E-state index in [0.29, 0.717) is 18.4 Å². The third-order valence-corrected chi connectivity index (χ3v) is 4.06. The van der Waals surface area contributed by atoms with Crippen LogP contribution in [0.5, 0.6) is 0 Å². The molecule has 0 aromatic heterocycles. The summed E-state index contributed by atoms with van der Waals surface area (Å²) >= 11 is 0. The maximum absolute atomic E-state index is 12.3. The molecule has 2 unspecified atom stereocenters. The Bertz CT molecular complexity index is 413. The molecule has 18 heavy (non-hydrogen) atoms. The first-order valence-corrected chi connectivity index (χ1v) is 6.70. The van der Waals surface area contributed by atoms with Gasteiger partial charge in [-0.3, -0.25) is 4.79 Å². The fourth-order valence-electron chi connectivity index (χ4n) is 2.41. The first kappa shape index (κ1) is 13.1. The minimum atomic E-state index is 0.150. The Labute approximate surface area is 109 Å². The van der Waals surface area contributed by atoms with Crippen LogP contribution < -0.4 is 5.73 Å². The Morgan fingerprint density at radius 1 is 1.28 bits per heavy atom. The lowest BCUT2D eigenvalue weighted by Gasteiger charge is -2.35. The lowest BCUT2D eigenvalue weighted by atomic mass is 9.88. The van der Waals surface area contributed by atoms with Crippen molar-refractivity contribution in [2.24, 2.45) is 17.6 Å². The van der Waals surface area contributed by atoms with Gasteiger partial charge in [0.1, 0.15) is 0 Å². The van der Waals surface area contributed by atoms with Gasteiger partial charge in [-0.05, 0) is 36.0 Å². The minimum Gasteiger partial charge on any atom is -0.338 e. The summed E-state index contributed by atoms with van der Waals surface area (Å²) in [6.45, 7) is 6.76. The van der Waals surface area contributed by atoms with Crippen molar-refractivity contribution >= 4 is 5.91 Å². The number of carbonyl (C=O) groups is 1. The molecule has 1 aromatic carbocycles. The number of piperidine rings is 1. The van der Waals surface area contributed by atoms with Crippen LogP contribution in [0.15, 0.2) is 24.3 Å². The molecule has 1 aliphatic rings. The summed E-state index contributed by atoms with van der Waals surface area (Å²) in [6, 6.07) is 7.63. The number of carbonyl (C=O) groups excluding carboxylic acids is 1. The number of rotatable bonds is 2. The topological polar surface area (TPSA) is 46.3 Å². The predicted molar refractivity (Wildman–Crippen MR) is 73.2 cm³/mol. The summed E-state index contributed by atoms with van der Waals surface area (Å²) < 4.78 is 0. The van der Waals surface area contributed by atoms with Gasteiger partial charge in [0.15, 0.2) is 0 Å². The molecule has 2 atom stereocenters. The highest BCUT2D eigenvalue weighted by Crippen LogP contribution is 2.23. The predicted octanol–water partition coefficient (Wildman–Crippen LogP) is 2.26. The van der Waals surface area contributed by atoms with E-state index in [2.05, 4.69) is 13.8 Å². The van der Waals surface area contributed by atoms with E-state index in [1.54, 1.807) is 0 Å². The number of nitrogens with two attached hydrogens (primary N) is 1. The van der Waals surface area contributed by atoms with E-state index in [1.165, 1.54) is 0 Å². The smallest absolute Gasteiger partial charge is 0.253 e. The maximum Gasteiger partial charge on any atom is 0.253 e. The van der Waals surface area contributed by atoms with Gasteiger partial charge in [0, 0.05) is 25.2 Å². The minimum absolute atomic E-state index is 0.150. The molecule has 0 bridgehead atoms. The van der Waals surface area contributed by atoms with Crippen molar-refractivity contribution in [1.29, 1.82) is 0 Å². The van der Waals surface area contributed by atoms with E-state index in [4.69, 9.17) is 5.73 Å². The number of hydrogen-bond acceptors (Lipinski definition) is 2. The summed E-state index contributed by atoms with van der Waals surface area (Å²) in [5.74, 6) is 1.46. The molecule has 1 heterocycles. The van der Waals surface area contributed by atoms with Gasteiger partial charge in [-0.25, -0.2) is 0 Å². The molecule has 1 aromatic rings. The molecule has 2 rings (SSSR count). The fourth-order valence-corrected chi connectivity index (χ4v) is 2.41. The zero-order valence-electron chi connectivity index (χ0n) is 11.2. The number of nitrogens with zero attached hydrogens (tertiary/aromatic N) is 1. The van der Waals surface area contributed by atoms with Gasteiger partial charge in [0.05, 0.1) is 0 Å². The Morgan fingerprint density at radius 3 is 2.50 bits per heavy atom. The Hall–Kier alpha value is -1.35. The molecule has 1 aliphatic heterocycles.